The van der Waals surface area contributed by atoms with Gasteiger partial charge in [-0.15, -0.1) is 11.3 Å². The molecule has 4 nitrogen and oxygen atoms in total. The molecule has 24 heavy (non-hydrogen) atoms. The molecular weight excluding hydrogens is 344 g/mol. The summed E-state index contributed by atoms with van der Waals surface area (Å²) in [6.45, 7) is 0. The van der Waals surface area contributed by atoms with Gasteiger partial charge in [0.25, 0.3) is 5.91 Å². The highest BCUT2D eigenvalue weighted by atomic mass is 35.5. The molecule has 6 heteroatoms. The molecule has 0 bridgehead atoms. The van der Waals surface area contributed by atoms with Crippen molar-refractivity contribution in [2.45, 2.75) is 0 Å². The van der Waals surface area contributed by atoms with Crippen LogP contribution in [0.4, 0.5) is 5.69 Å². The monoisotopic (exact) mass is 354 g/mol. The van der Waals surface area contributed by atoms with Crippen LogP contribution in [0.1, 0.15) is 9.67 Å². The Labute approximate surface area is 146 Å². The number of fused-ring (bicyclic) bond motifs is 1. The first-order valence-corrected chi connectivity index (χ1v) is 8.47. The fourth-order valence-electron chi connectivity index (χ4n) is 2.35. The van der Waals surface area contributed by atoms with Crippen LogP contribution in [-0.4, -0.2) is 10.9 Å². The molecule has 4 aromatic rings. The summed E-state index contributed by atoms with van der Waals surface area (Å²) in [7, 11) is 0. The second-order valence-electron chi connectivity index (χ2n) is 5.11. The number of carbonyl (C=O) groups excluding carboxylic acids is 1. The van der Waals surface area contributed by atoms with Gasteiger partial charge in [0.2, 0.25) is 5.89 Å². The number of halogens is 1. The van der Waals surface area contributed by atoms with Gasteiger partial charge in [0.15, 0.2) is 5.58 Å². The molecule has 0 aliphatic carbocycles. The molecule has 0 fully saturated rings. The Kier molecular flexibility index (Phi) is 3.80. The van der Waals surface area contributed by atoms with Gasteiger partial charge in [-0.3, -0.25) is 4.79 Å². The molecule has 0 atom stereocenters. The van der Waals surface area contributed by atoms with Gasteiger partial charge in [0.05, 0.1) is 15.5 Å². The summed E-state index contributed by atoms with van der Waals surface area (Å²) in [5.41, 5.74) is 2.69. The van der Waals surface area contributed by atoms with Crippen molar-refractivity contribution >= 4 is 45.6 Å². The van der Waals surface area contributed by atoms with Crippen LogP contribution in [0.15, 0.2) is 64.4 Å². The first-order valence-electron chi connectivity index (χ1n) is 7.21. The molecule has 0 aliphatic heterocycles. The normalized spacial score (nSPS) is 10.9. The fourth-order valence-corrected chi connectivity index (χ4v) is 3.19. The number of aromatic nitrogens is 1. The highest BCUT2D eigenvalue weighted by molar-refractivity contribution is 7.12. The quantitative estimate of drug-likeness (QED) is 0.531. The van der Waals surface area contributed by atoms with Crippen molar-refractivity contribution in [3.63, 3.8) is 0 Å². The summed E-state index contributed by atoms with van der Waals surface area (Å²) in [5.74, 6) is 0.313. The summed E-state index contributed by atoms with van der Waals surface area (Å²) in [4.78, 5) is 17.2. The number of anilines is 1. The molecule has 0 aliphatic rings. The number of hydrogen-bond donors (Lipinski definition) is 1. The minimum atomic E-state index is -0.143. The predicted molar refractivity (Wildman–Crippen MR) is 96.7 cm³/mol. The van der Waals surface area contributed by atoms with Crippen LogP contribution < -0.4 is 5.32 Å². The zero-order chi connectivity index (χ0) is 16.5. The Bertz CT molecular complexity index is 1020. The van der Waals surface area contributed by atoms with E-state index in [1.165, 1.54) is 11.3 Å². The molecule has 0 saturated heterocycles. The van der Waals surface area contributed by atoms with E-state index in [9.17, 15) is 4.79 Å². The summed E-state index contributed by atoms with van der Waals surface area (Å²) < 4.78 is 5.80. The zero-order valence-electron chi connectivity index (χ0n) is 12.3. The molecule has 2 aromatic carbocycles. The molecule has 1 amide bonds. The number of hydrogen-bond acceptors (Lipinski definition) is 4. The second-order valence-corrected chi connectivity index (χ2v) is 6.47. The number of carbonyl (C=O) groups is 1. The molecule has 2 aromatic heterocycles. The number of nitrogens with zero attached hydrogens (tertiary/aromatic N) is 1. The van der Waals surface area contributed by atoms with Gasteiger partial charge in [0, 0.05) is 11.8 Å². The van der Waals surface area contributed by atoms with Crippen molar-refractivity contribution in [3.8, 4) is 11.5 Å². The van der Waals surface area contributed by atoms with Gasteiger partial charge in [-0.1, -0.05) is 29.8 Å². The number of oxazole rings is 1. The Balaban J connectivity index is 1.66. The van der Waals surface area contributed by atoms with Crippen molar-refractivity contribution in [1.29, 1.82) is 0 Å². The van der Waals surface area contributed by atoms with Crippen LogP contribution in [0, 0.1) is 0 Å². The number of rotatable bonds is 3. The molecule has 4 rings (SSSR count). The van der Waals surface area contributed by atoms with Gasteiger partial charge >= 0.3 is 0 Å². The average molecular weight is 355 g/mol. The maximum absolute atomic E-state index is 12.1. The third kappa shape index (κ3) is 2.79. The number of benzene rings is 2. The number of thiophene rings is 1. The Morgan fingerprint density at radius 3 is 2.79 bits per heavy atom. The van der Waals surface area contributed by atoms with E-state index in [1.54, 1.807) is 24.3 Å². The standard InChI is InChI=1S/C18H11ClN2O2S/c19-13-5-2-1-4-12(13)18-21-14-8-7-11(10-15(14)23-18)20-17(22)16-6-3-9-24-16/h1-10H,(H,20,22). The van der Waals surface area contributed by atoms with Crippen molar-refractivity contribution < 1.29 is 9.21 Å². The summed E-state index contributed by atoms with van der Waals surface area (Å²) in [6, 6.07) is 16.4. The second kappa shape index (κ2) is 6.11. The predicted octanol–water partition coefficient (Wildman–Crippen LogP) is 5.46. The van der Waals surface area contributed by atoms with Crippen LogP contribution >= 0.6 is 22.9 Å². The Hall–Kier alpha value is -2.63. The summed E-state index contributed by atoms with van der Waals surface area (Å²) >= 11 is 7.58. The number of nitrogens with one attached hydrogen (secondary N) is 1. The van der Waals surface area contributed by atoms with Crippen molar-refractivity contribution in [3.05, 3.63) is 69.9 Å². The van der Waals surface area contributed by atoms with Gasteiger partial charge in [-0.05, 0) is 35.7 Å². The third-order valence-corrected chi connectivity index (χ3v) is 4.69. The maximum atomic E-state index is 12.1. The molecule has 118 valence electrons. The molecule has 0 unspecified atom stereocenters. The lowest BCUT2D eigenvalue weighted by molar-refractivity contribution is 0.103. The van der Waals surface area contributed by atoms with Crippen molar-refractivity contribution in [2.75, 3.05) is 5.32 Å². The Morgan fingerprint density at radius 2 is 2.00 bits per heavy atom. The average Bonchev–Trinajstić information content (AvgIpc) is 3.24. The van der Waals surface area contributed by atoms with Crippen LogP contribution in [0.25, 0.3) is 22.6 Å². The summed E-state index contributed by atoms with van der Waals surface area (Å²) in [5, 5.41) is 5.30. The molecule has 0 spiro atoms. The minimum Gasteiger partial charge on any atom is -0.436 e. The van der Waals surface area contributed by atoms with Gasteiger partial charge in [-0.2, -0.15) is 0 Å². The van der Waals surface area contributed by atoms with Gasteiger partial charge in [-0.25, -0.2) is 4.98 Å². The SMILES string of the molecule is O=C(Nc1ccc2nc(-c3ccccc3Cl)oc2c1)c1cccs1. The lowest BCUT2D eigenvalue weighted by Gasteiger charge is -2.02. The van der Waals surface area contributed by atoms with E-state index < -0.39 is 0 Å². The van der Waals surface area contributed by atoms with Crippen LogP contribution in [0.2, 0.25) is 5.02 Å². The van der Waals surface area contributed by atoms with E-state index in [1.807, 2.05) is 35.7 Å². The van der Waals surface area contributed by atoms with E-state index in [-0.39, 0.29) is 5.91 Å². The largest absolute Gasteiger partial charge is 0.436 e. The van der Waals surface area contributed by atoms with E-state index >= 15 is 0 Å². The van der Waals surface area contributed by atoms with Crippen molar-refractivity contribution in [2.24, 2.45) is 0 Å². The van der Waals surface area contributed by atoms with Crippen LogP contribution in [0.5, 0.6) is 0 Å². The lowest BCUT2D eigenvalue weighted by Crippen LogP contribution is -2.09. The van der Waals surface area contributed by atoms with E-state index in [0.717, 1.165) is 5.56 Å². The van der Waals surface area contributed by atoms with Gasteiger partial charge < -0.3 is 9.73 Å². The first-order chi connectivity index (χ1) is 11.7. The molecule has 0 radical (unpaired) electrons. The molecule has 2 heterocycles. The summed E-state index contributed by atoms with van der Waals surface area (Å²) in [6.07, 6.45) is 0. The minimum absolute atomic E-state index is 0.143. The highest BCUT2D eigenvalue weighted by Gasteiger charge is 2.13. The fraction of sp³-hybridized carbons (Fsp3) is 0. The van der Waals surface area contributed by atoms with Crippen LogP contribution in [-0.2, 0) is 0 Å². The Morgan fingerprint density at radius 1 is 1.12 bits per heavy atom. The molecule has 0 saturated carbocycles. The molecular formula is C18H11ClN2O2S. The van der Waals surface area contributed by atoms with Crippen LogP contribution in [0.3, 0.4) is 0 Å². The third-order valence-electron chi connectivity index (χ3n) is 3.50. The van der Waals surface area contributed by atoms with E-state index in [0.29, 0.717) is 32.6 Å². The highest BCUT2D eigenvalue weighted by Crippen LogP contribution is 2.30. The van der Waals surface area contributed by atoms with Crippen molar-refractivity contribution in [1.82, 2.24) is 4.98 Å². The zero-order valence-corrected chi connectivity index (χ0v) is 13.9. The molecule has 1 N–H and O–H groups in total. The van der Waals surface area contributed by atoms with E-state index in [2.05, 4.69) is 10.3 Å². The van der Waals surface area contributed by atoms with E-state index in [4.69, 9.17) is 16.0 Å². The maximum Gasteiger partial charge on any atom is 0.265 e. The lowest BCUT2D eigenvalue weighted by atomic mass is 10.2. The van der Waals surface area contributed by atoms with Gasteiger partial charge in [0.1, 0.15) is 5.52 Å². The number of amides is 1. The topological polar surface area (TPSA) is 55.1 Å². The smallest absolute Gasteiger partial charge is 0.265 e. The first kappa shape index (κ1) is 14.9.